The van der Waals surface area contributed by atoms with Crippen LogP contribution in [0.15, 0.2) is 0 Å². The van der Waals surface area contributed by atoms with Crippen molar-refractivity contribution in [2.75, 3.05) is 20.1 Å². The lowest BCUT2D eigenvalue weighted by molar-refractivity contribution is -0.148. The molecule has 0 aliphatic heterocycles. The second-order valence-corrected chi connectivity index (χ2v) is 4.95. The van der Waals surface area contributed by atoms with Crippen molar-refractivity contribution >= 4 is 11.9 Å². The molecule has 1 amide bonds. The van der Waals surface area contributed by atoms with Crippen molar-refractivity contribution in [1.82, 2.24) is 4.90 Å². The van der Waals surface area contributed by atoms with E-state index in [9.17, 15) is 9.59 Å². The van der Waals surface area contributed by atoms with Crippen LogP contribution in [0.25, 0.3) is 0 Å². The SMILES string of the molecule is CN(CC(=O)O)C(=O)C1(CN)CCCCCC1. The Balaban J connectivity index is 2.76. The van der Waals surface area contributed by atoms with Gasteiger partial charge in [-0.1, -0.05) is 25.7 Å². The molecular weight excluding hydrogens is 220 g/mol. The molecule has 1 aliphatic rings. The highest BCUT2D eigenvalue weighted by Crippen LogP contribution is 2.35. The van der Waals surface area contributed by atoms with Gasteiger partial charge < -0.3 is 15.7 Å². The number of carboxylic acid groups (broad SMARTS) is 1. The lowest BCUT2D eigenvalue weighted by Gasteiger charge is -2.33. The Morgan fingerprint density at radius 1 is 1.24 bits per heavy atom. The first kappa shape index (κ1) is 14.0. The number of carbonyl (C=O) groups is 2. The van der Waals surface area contributed by atoms with Gasteiger partial charge in [0.25, 0.3) is 0 Å². The molecule has 0 atom stereocenters. The van der Waals surface area contributed by atoms with E-state index >= 15 is 0 Å². The molecule has 3 N–H and O–H groups in total. The fraction of sp³-hybridized carbons (Fsp3) is 0.833. The highest BCUT2D eigenvalue weighted by atomic mass is 16.4. The Kier molecular flexibility index (Phi) is 4.93. The van der Waals surface area contributed by atoms with E-state index in [4.69, 9.17) is 10.8 Å². The summed E-state index contributed by atoms with van der Waals surface area (Å²) in [6, 6.07) is 0. The zero-order valence-electron chi connectivity index (χ0n) is 10.4. The monoisotopic (exact) mass is 242 g/mol. The zero-order valence-corrected chi connectivity index (χ0v) is 10.4. The van der Waals surface area contributed by atoms with Gasteiger partial charge in [-0.05, 0) is 12.8 Å². The minimum Gasteiger partial charge on any atom is -0.480 e. The van der Waals surface area contributed by atoms with Crippen molar-refractivity contribution in [3.05, 3.63) is 0 Å². The first-order chi connectivity index (χ1) is 8.02. The van der Waals surface area contributed by atoms with E-state index in [0.717, 1.165) is 38.5 Å². The Hall–Kier alpha value is -1.10. The van der Waals surface area contributed by atoms with Gasteiger partial charge in [0.15, 0.2) is 0 Å². The summed E-state index contributed by atoms with van der Waals surface area (Å²) in [5, 5.41) is 8.72. The third kappa shape index (κ3) is 3.43. The number of amides is 1. The first-order valence-electron chi connectivity index (χ1n) is 6.19. The first-order valence-corrected chi connectivity index (χ1v) is 6.19. The summed E-state index contributed by atoms with van der Waals surface area (Å²) in [5.74, 6) is -1.09. The molecule has 1 rings (SSSR count). The minimum absolute atomic E-state index is 0.107. The summed E-state index contributed by atoms with van der Waals surface area (Å²) in [6.45, 7) is 0.0658. The summed E-state index contributed by atoms with van der Waals surface area (Å²) in [5.41, 5.74) is 5.26. The molecule has 0 saturated heterocycles. The third-order valence-corrected chi connectivity index (χ3v) is 3.62. The topological polar surface area (TPSA) is 83.6 Å². The number of hydrogen-bond donors (Lipinski definition) is 2. The average molecular weight is 242 g/mol. The standard InChI is InChI=1S/C12H22N2O3/c1-14(8-10(15)16)11(17)12(9-13)6-4-2-3-5-7-12/h2-9,13H2,1H3,(H,15,16). The van der Waals surface area contributed by atoms with Crippen LogP contribution in [0.3, 0.4) is 0 Å². The maximum Gasteiger partial charge on any atom is 0.323 e. The van der Waals surface area contributed by atoms with Crippen molar-refractivity contribution in [2.24, 2.45) is 11.1 Å². The fourth-order valence-electron chi connectivity index (χ4n) is 2.59. The van der Waals surface area contributed by atoms with Crippen molar-refractivity contribution in [3.8, 4) is 0 Å². The number of rotatable bonds is 4. The normalized spacial score (nSPS) is 19.4. The smallest absolute Gasteiger partial charge is 0.323 e. The molecule has 0 aromatic rings. The highest BCUT2D eigenvalue weighted by molar-refractivity contribution is 5.86. The number of carbonyl (C=O) groups excluding carboxylic acids is 1. The van der Waals surface area contributed by atoms with Gasteiger partial charge in [-0.15, -0.1) is 0 Å². The van der Waals surface area contributed by atoms with Crippen molar-refractivity contribution in [3.63, 3.8) is 0 Å². The Bertz CT molecular complexity index is 283. The van der Waals surface area contributed by atoms with E-state index in [1.54, 1.807) is 7.05 Å². The van der Waals surface area contributed by atoms with E-state index in [1.807, 2.05) is 0 Å². The molecule has 1 aliphatic carbocycles. The van der Waals surface area contributed by atoms with Gasteiger partial charge in [-0.2, -0.15) is 0 Å². The Morgan fingerprint density at radius 3 is 2.18 bits per heavy atom. The molecule has 1 fully saturated rings. The molecule has 1 saturated carbocycles. The molecule has 0 bridgehead atoms. The van der Waals surface area contributed by atoms with Gasteiger partial charge in [0, 0.05) is 13.6 Å². The zero-order chi connectivity index (χ0) is 12.9. The average Bonchev–Trinajstić information content (AvgIpc) is 2.53. The highest BCUT2D eigenvalue weighted by Gasteiger charge is 2.39. The lowest BCUT2D eigenvalue weighted by atomic mass is 9.79. The van der Waals surface area contributed by atoms with Crippen LogP contribution in [-0.4, -0.2) is 42.0 Å². The number of nitrogens with two attached hydrogens (primary N) is 1. The summed E-state index contributed by atoms with van der Waals surface area (Å²) in [4.78, 5) is 24.2. The van der Waals surface area contributed by atoms with E-state index in [2.05, 4.69) is 0 Å². The molecule has 5 heteroatoms. The lowest BCUT2D eigenvalue weighted by Crippen LogP contribution is -2.47. The van der Waals surface area contributed by atoms with E-state index in [0.29, 0.717) is 6.54 Å². The Labute approximate surface area is 102 Å². The largest absolute Gasteiger partial charge is 0.480 e. The predicted molar refractivity (Wildman–Crippen MR) is 64.5 cm³/mol. The molecule has 0 spiro atoms. The summed E-state index contributed by atoms with van der Waals surface area (Å²) in [7, 11) is 1.54. The number of nitrogens with zero attached hydrogens (tertiary/aromatic N) is 1. The van der Waals surface area contributed by atoms with Crippen LogP contribution >= 0.6 is 0 Å². The van der Waals surface area contributed by atoms with Gasteiger partial charge >= 0.3 is 5.97 Å². The van der Waals surface area contributed by atoms with Gasteiger partial charge in [0.1, 0.15) is 6.54 Å². The van der Waals surface area contributed by atoms with E-state index in [1.165, 1.54) is 4.90 Å². The maximum atomic E-state index is 12.3. The summed E-state index contributed by atoms with van der Waals surface area (Å²) >= 11 is 0. The molecule has 0 unspecified atom stereocenters. The summed E-state index contributed by atoms with van der Waals surface area (Å²) in [6.07, 6.45) is 5.85. The molecule has 0 aromatic carbocycles. The van der Waals surface area contributed by atoms with Gasteiger partial charge in [0.2, 0.25) is 5.91 Å². The number of aliphatic carboxylic acids is 1. The van der Waals surface area contributed by atoms with Crippen LogP contribution in [0.2, 0.25) is 0 Å². The van der Waals surface area contributed by atoms with Crippen molar-refractivity contribution < 1.29 is 14.7 Å². The number of carboxylic acids is 1. The number of likely N-dealkylation sites (N-methyl/N-ethyl adjacent to an activating group) is 1. The van der Waals surface area contributed by atoms with Crippen LogP contribution in [0, 0.1) is 5.41 Å². The molecule has 0 radical (unpaired) electrons. The van der Waals surface area contributed by atoms with Gasteiger partial charge in [0.05, 0.1) is 5.41 Å². The van der Waals surface area contributed by atoms with Crippen LogP contribution in [0.4, 0.5) is 0 Å². The van der Waals surface area contributed by atoms with Crippen LogP contribution in [0.1, 0.15) is 38.5 Å². The van der Waals surface area contributed by atoms with E-state index < -0.39 is 11.4 Å². The molecule has 0 aromatic heterocycles. The maximum absolute atomic E-state index is 12.3. The van der Waals surface area contributed by atoms with Gasteiger partial charge in [-0.25, -0.2) is 0 Å². The van der Waals surface area contributed by atoms with Crippen LogP contribution in [0.5, 0.6) is 0 Å². The second-order valence-electron chi connectivity index (χ2n) is 4.95. The Morgan fingerprint density at radius 2 is 1.76 bits per heavy atom. The predicted octanol–water partition coefficient (Wildman–Crippen LogP) is 0.829. The molecular formula is C12H22N2O3. The molecule has 5 nitrogen and oxygen atoms in total. The van der Waals surface area contributed by atoms with Gasteiger partial charge in [-0.3, -0.25) is 9.59 Å². The third-order valence-electron chi connectivity index (χ3n) is 3.62. The molecule has 17 heavy (non-hydrogen) atoms. The quantitative estimate of drug-likeness (QED) is 0.715. The molecule has 98 valence electrons. The van der Waals surface area contributed by atoms with E-state index in [-0.39, 0.29) is 12.5 Å². The van der Waals surface area contributed by atoms with Crippen LogP contribution < -0.4 is 5.73 Å². The molecule has 0 heterocycles. The summed E-state index contributed by atoms with van der Waals surface area (Å²) < 4.78 is 0. The van der Waals surface area contributed by atoms with Crippen molar-refractivity contribution in [1.29, 1.82) is 0 Å². The number of hydrogen-bond acceptors (Lipinski definition) is 3. The fourth-order valence-corrected chi connectivity index (χ4v) is 2.59. The van der Waals surface area contributed by atoms with Crippen molar-refractivity contribution in [2.45, 2.75) is 38.5 Å². The minimum atomic E-state index is -0.985. The second kappa shape index (κ2) is 6.00. The van der Waals surface area contributed by atoms with Crippen LogP contribution in [-0.2, 0) is 9.59 Å².